The minimum absolute atomic E-state index is 0.386. The van der Waals surface area contributed by atoms with Gasteiger partial charge in [0.2, 0.25) is 0 Å². The molecule has 0 bridgehead atoms. The highest BCUT2D eigenvalue weighted by Crippen LogP contribution is 2.23. The van der Waals surface area contributed by atoms with Gasteiger partial charge in [-0.05, 0) is 23.6 Å². The summed E-state index contributed by atoms with van der Waals surface area (Å²) in [5, 5.41) is 11.8. The van der Waals surface area contributed by atoms with E-state index in [0.29, 0.717) is 42.7 Å². The fraction of sp³-hybridized carbons (Fsp3) is 0.429. The summed E-state index contributed by atoms with van der Waals surface area (Å²) in [5.41, 5.74) is 0. The monoisotopic (exact) mass is 342 g/mol. The topological polar surface area (TPSA) is 74.0 Å². The molecule has 0 unspecified atom stereocenters. The van der Waals surface area contributed by atoms with E-state index < -0.39 is 16.1 Å². The molecule has 1 aliphatic heterocycles. The fourth-order valence-electron chi connectivity index (χ4n) is 2.51. The average molecular weight is 342 g/mol. The van der Waals surface area contributed by atoms with Crippen molar-refractivity contribution in [2.75, 3.05) is 32.7 Å². The summed E-state index contributed by atoms with van der Waals surface area (Å²) in [7, 11) is -3.37. The Balaban J connectivity index is 1.57. The molecule has 1 fully saturated rings. The first kappa shape index (κ1) is 15.7. The van der Waals surface area contributed by atoms with Crippen LogP contribution in [-0.2, 0) is 10.0 Å². The van der Waals surface area contributed by atoms with Crippen LogP contribution in [0.1, 0.15) is 11.9 Å². The fourth-order valence-corrected chi connectivity index (χ4v) is 5.07. The van der Waals surface area contributed by atoms with Gasteiger partial charge in [0.1, 0.15) is 16.1 Å². The lowest BCUT2D eigenvalue weighted by molar-refractivity contribution is 0.0777. The van der Waals surface area contributed by atoms with Crippen LogP contribution < -0.4 is 0 Å². The number of aliphatic hydroxyl groups is 1. The van der Waals surface area contributed by atoms with Gasteiger partial charge in [0.15, 0.2) is 0 Å². The summed E-state index contributed by atoms with van der Waals surface area (Å²) in [6.45, 7) is 2.52. The van der Waals surface area contributed by atoms with Crippen molar-refractivity contribution in [1.82, 2.24) is 9.21 Å². The largest absolute Gasteiger partial charge is 0.467 e. The summed E-state index contributed by atoms with van der Waals surface area (Å²) >= 11 is 1.24. The summed E-state index contributed by atoms with van der Waals surface area (Å²) in [6.07, 6.45) is 0.847. The molecular formula is C14H18N2O4S2. The van der Waals surface area contributed by atoms with E-state index in [4.69, 9.17) is 4.42 Å². The molecule has 0 aliphatic carbocycles. The van der Waals surface area contributed by atoms with Crippen molar-refractivity contribution in [2.45, 2.75) is 10.3 Å². The highest BCUT2D eigenvalue weighted by atomic mass is 32.2. The highest BCUT2D eigenvalue weighted by Gasteiger charge is 2.30. The van der Waals surface area contributed by atoms with Gasteiger partial charge < -0.3 is 9.52 Å². The first-order valence-corrected chi connectivity index (χ1v) is 9.37. The van der Waals surface area contributed by atoms with Crippen LogP contribution in [0.5, 0.6) is 0 Å². The summed E-state index contributed by atoms with van der Waals surface area (Å²) in [4.78, 5) is 2.05. The third-order valence-electron chi connectivity index (χ3n) is 3.72. The van der Waals surface area contributed by atoms with Crippen LogP contribution in [0.3, 0.4) is 0 Å². The van der Waals surface area contributed by atoms with Gasteiger partial charge >= 0.3 is 0 Å². The Bertz CT molecular complexity index is 675. The minimum Gasteiger partial charge on any atom is -0.467 e. The summed E-state index contributed by atoms with van der Waals surface area (Å²) in [5.74, 6) is 0.536. The molecule has 0 aromatic carbocycles. The third kappa shape index (κ3) is 3.26. The van der Waals surface area contributed by atoms with Crippen molar-refractivity contribution in [2.24, 2.45) is 0 Å². The van der Waals surface area contributed by atoms with Crippen molar-refractivity contribution in [3.05, 3.63) is 41.7 Å². The second-order valence-corrected chi connectivity index (χ2v) is 8.28. The van der Waals surface area contributed by atoms with Crippen LogP contribution in [0.4, 0.5) is 0 Å². The van der Waals surface area contributed by atoms with Gasteiger partial charge in [-0.15, -0.1) is 11.3 Å². The quantitative estimate of drug-likeness (QED) is 0.889. The van der Waals surface area contributed by atoms with Crippen molar-refractivity contribution < 1.29 is 17.9 Å². The molecule has 1 aliphatic rings. The molecule has 2 aromatic rings. The molecule has 22 heavy (non-hydrogen) atoms. The van der Waals surface area contributed by atoms with Gasteiger partial charge in [0, 0.05) is 32.7 Å². The van der Waals surface area contributed by atoms with E-state index >= 15 is 0 Å². The average Bonchev–Trinajstić information content (AvgIpc) is 3.21. The van der Waals surface area contributed by atoms with Gasteiger partial charge in [-0.2, -0.15) is 4.31 Å². The van der Waals surface area contributed by atoms with Crippen molar-refractivity contribution in [3.8, 4) is 0 Å². The van der Waals surface area contributed by atoms with Crippen molar-refractivity contribution in [1.29, 1.82) is 0 Å². The van der Waals surface area contributed by atoms with Crippen molar-refractivity contribution in [3.63, 3.8) is 0 Å². The minimum atomic E-state index is -3.37. The summed E-state index contributed by atoms with van der Waals surface area (Å²) < 4.78 is 31.9. The third-order valence-corrected chi connectivity index (χ3v) is 6.99. The number of aliphatic hydroxyl groups excluding tert-OH is 1. The number of sulfonamides is 1. The number of rotatable bonds is 5. The summed E-state index contributed by atoms with van der Waals surface area (Å²) in [6, 6.07) is 6.85. The highest BCUT2D eigenvalue weighted by molar-refractivity contribution is 7.91. The first-order chi connectivity index (χ1) is 10.6. The van der Waals surface area contributed by atoms with Gasteiger partial charge in [-0.1, -0.05) is 6.07 Å². The van der Waals surface area contributed by atoms with E-state index in [-0.39, 0.29) is 0 Å². The van der Waals surface area contributed by atoms with E-state index in [1.54, 1.807) is 29.6 Å². The number of piperazine rings is 1. The van der Waals surface area contributed by atoms with Crippen molar-refractivity contribution >= 4 is 21.4 Å². The van der Waals surface area contributed by atoms with Crippen LogP contribution in [0.2, 0.25) is 0 Å². The number of thiophene rings is 1. The molecule has 0 spiro atoms. The number of furan rings is 1. The van der Waals surface area contributed by atoms with Crippen LogP contribution in [-0.4, -0.2) is 55.5 Å². The molecule has 6 nitrogen and oxygen atoms in total. The lowest BCUT2D eigenvalue weighted by Crippen LogP contribution is -2.49. The van der Waals surface area contributed by atoms with E-state index in [2.05, 4.69) is 0 Å². The molecule has 1 saturated heterocycles. The second-order valence-electron chi connectivity index (χ2n) is 5.17. The van der Waals surface area contributed by atoms with Crippen LogP contribution in [0.25, 0.3) is 0 Å². The lowest BCUT2D eigenvalue weighted by atomic mass is 10.2. The molecule has 120 valence electrons. The maximum absolute atomic E-state index is 12.4. The van der Waals surface area contributed by atoms with E-state index in [9.17, 15) is 13.5 Å². The Labute approximate surface area is 133 Å². The zero-order chi connectivity index (χ0) is 15.6. The van der Waals surface area contributed by atoms with Crippen LogP contribution >= 0.6 is 11.3 Å². The lowest BCUT2D eigenvalue weighted by Gasteiger charge is -2.34. The van der Waals surface area contributed by atoms with Gasteiger partial charge in [-0.25, -0.2) is 8.42 Å². The van der Waals surface area contributed by atoms with Crippen LogP contribution in [0.15, 0.2) is 44.5 Å². The SMILES string of the molecule is O=S(=O)(c1cccs1)N1CCN(C[C@H](O)c2ccco2)CC1. The molecule has 0 saturated carbocycles. The predicted octanol–water partition coefficient (Wildman–Crippen LogP) is 1.38. The Morgan fingerprint density at radius 3 is 2.59 bits per heavy atom. The Morgan fingerprint density at radius 2 is 2.00 bits per heavy atom. The zero-order valence-corrected chi connectivity index (χ0v) is 13.6. The van der Waals surface area contributed by atoms with E-state index in [1.165, 1.54) is 21.9 Å². The van der Waals surface area contributed by atoms with Gasteiger partial charge in [-0.3, -0.25) is 4.90 Å². The number of hydrogen-bond acceptors (Lipinski definition) is 6. The normalized spacial score (nSPS) is 19.3. The number of hydrogen-bond donors (Lipinski definition) is 1. The second kappa shape index (κ2) is 6.51. The Morgan fingerprint density at radius 1 is 1.23 bits per heavy atom. The molecule has 0 radical (unpaired) electrons. The van der Waals surface area contributed by atoms with Gasteiger partial charge in [0.25, 0.3) is 10.0 Å². The number of β-amino-alcohol motifs (C(OH)–C–C–N with tert-alkyl or cyclic N) is 1. The van der Waals surface area contributed by atoms with E-state index in [0.717, 1.165) is 0 Å². The molecule has 8 heteroatoms. The molecule has 2 aromatic heterocycles. The molecule has 0 amide bonds. The Kier molecular flexibility index (Phi) is 4.65. The number of nitrogens with zero attached hydrogens (tertiary/aromatic N) is 2. The Hall–Kier alpha value is -1.19. The smallest absolute Gasteiger partial charge is 0.252 e. The standard InChI is InChI=1S/C14H18N2O4S2/c17-12(13-3-1-9-20-13)11-15-5-7-16(8-6-15)22(18,19)14-4-2-10-21-14/h1-4,9-10,12,17H,5-8,11H2/t12-/m0/s1. The molecule has 3 heterocycles. The first-order valence-electron chi connectivity index (χ1n) is 7.05. The maximum Gasteiger partial charge on any atom is 0.252 e. The molecular weight excluding hydrogens is 324 g/mol. The molecule has 1 N–H and O–H groups in total. The van der Waals surface area contributed by atoms with Gasteiger partial charge in [0.05, 0.1) is 6.26 Å². The molecule has 1 atom stereocenters. The van der Waals surface area contributed by atoms with Crippen LogP contribution in [0, 0.1) is 0 Å². The predicted molar refractivity (Wildman–Crippen MR) is 83.2 cm³/mol. The van der Waals surface area contributed by atoms with E-state index in [1.807, 2.05) is 4.90 Å². The molecule has 3 rings (SSSR count). The zero-order valence-electron chi connectivity index (χ0n) is 12.0. The maximum atomic E-state index is 12.4.